The predicted octanol–water partition coefficient (Wildman–Crippen LogP) is 5.25. The maximum Gasteiger partial charge on any atom is 0.141 e. The fourth-order valence-electron chi connectivity index (χ4n) is 2.09. The van der Waals surface area contributed by atoms with Gasteiger partial charge in [0.2, 0.25) is 0 Å². The van der Waals surface area contributed by atoms with E-state index in [1.807, 2.05) is 50.2 Å². The van der Waals surface area contributed by atoms with Crippen LogP contribution in [0.3, 0.4) is 0 Å². The van der Waals surface area contributed by atoms with Crippen LogP contribution in [0.4, 0.5) is 0 Å². The average molecular weight is 347 g/mol. The van der Waals surface area contributed by atoms with Crippen molar-refractivity contribution in [2.75, 3.05) is 0 Å². The molecular formula is C18H19BrO2. The first-order valence-electron chi connectivity index (χ1n) is 6.75. The third-order valence-electron chi connectivity index (χ3n) is 3.53. The molecule has 2 aromatic rings. The lowest BCUT2D eigenvalue weighted by atomic mass is 9.96. The maximum absolute atomic E-state index is 10.2. The minimum absolute atomic E-state index is 0.719. The molecule has 2 rings (SSSR count). The van der Waals surface area contributed by atoms with Gasteiger partial charge in [0.25, 0.3) is 0 Å². The molecule has 1 unspecified atom stereocenters. The maximum atomic E-state index is 10.2. The Balaban J connectivity index is 2.37. The van der Waals surface area contributed by atoms with Crippen LogP contribution in [-0.2, 0) is 5.60 Å². The molecule has 0 saturated carbocycles. The molecule has 0 heterocycles. The van der Waals surface area contributed by atoms with E-state index in [0.717, 1.165) is 32.7 Å². The number of rotatable bonds is 4. The lowest BCUT2D eigenvalue weighted by Crippen LogP contribution is -2.17. The van der Waals surface area contributed by atoms with E-state index in [4.69, 9.17) is 4.74 Å². The Kier molecular flexibility index (Phi) is 4.55. The summed E-state index contributed by atoms with van der Waals surface area (Å²) in [6.07, 6.45) is 1.51. The molecule has 3 heteroatoms. The Bertz CT molecular complexity index is 655. The summed E-state index contributed by atoms with van der Waals surface area (Å²) < 4.78 is 6.81. The fourth-order valence-corrected chi connectivity index (χ4v) is 2.55. The molecule has 110 valence electrons. The minimum Gasteiger partial charge on any atom is -0.456 e. The second kappa shape index (κ2) is 6.04. The largest absolute Gasteiger partial charge is 0.456 e. The Morgan fingerprint density at radius 2 is 1.81 bits per heavy atom. The van der Waals surface area contributed by atoms with Crippen LogP contribution in [0, 0.1) is 13.8 Å². The minimum atomic E-state index is -1.06. The van der Waals surface area contributed by atoms with Crippen molar-refractivity contribution in [3.63, 3.8) is 0 Å². The average Bonchev–Trinajstić information content (AvgIpc) is 2.44. The van der Waals surface area contributed by atoms with Crippen LogP contribution in [0.2, 0.25) is 0 Å². The Hall–Kier alpha value is -1.58. The third-order valence-corrected chi connectivity index (χ3v) is 4.15. The second-order valence-corrected chi connectivity index (χ2v) is 6.17. The van der Waals surface area contributed by atoms with E-state index in [-0.39, 0.29) is 0 Å². The van der Waals surface area contributed by atoms with E-state index >= 15 is 0 Å². The van der Waals surface area contributed by atoms with Crippen LogP contribution in [0.25, 0.3) is 0 Å². The van der Waals surface area contributed by atoms with E-state index in [2.05, 4.69) is 22.5 Å². The number of aliphatic hydroxyl groups is 1. The summed E-state index contributed by atoms with van der Waals surface area (Å²) in [5, 5.41) is 10.2. The summed E-state index contributed by atoms with van der Waals surface area (Å²) in [7, 11) is 0. The van der Waals surface area contributed by atoms with Gasteiger partial charge in [-0.25, -0.2) is 0 Å². The van der Waals surface area contributed by atoms with Gasteiger partial charge in [0, 0.05) is 0 Å². The molecule has 0 bridgehead atoms. The molecule has 0 aromatic heterocycles. The monoisotopic (exact) mass is 346 g/mol. The smallest absolute Gasteiger partial charge is 0.141 e. The summed E-state index contributed by atoms with van der Waals surface area (Å²) in [6, 6.07) is 11.6. The van der Waals surface area contributed by atoms with Gasteiger partial charge in [-0.15, -0.1) is 0 Å². The highest BCUT2D eigenvalue weighted by Crippen LogP contribution is 2.36. The lowest BCUT2D eigenvalue weighted by molar-refractivity contribution is 0.111. The van der Waals surface area contributed by atoms with Crippen molar-refractivity contribution in [1.82, 2.24) is 0 Å². The number of aryl methyl sites for hydroxylation is 2. The van der Waals surface area contributed by atoms with Crippen molar-refractivity contribution in [3.8, 4) is 11.5 Å². The highest BCUT2D eigenvalue weighted by atomic mass is 79.9. The van der Waals surface area contributed by atoms with E-state index < -0.39 is 5.60 Å². The Labute approximate surface area is 134 Å². The molecule has 0 radical (unpaired) electrons. The standard InChI is InChI=1S/C18H19BrO2/c1-5-18(4,20)14-9-10-16(15(19)11-14)21-17-12(2)7-6-8-13(17)3/h5-11,20H,1H2,2-4H3. The van der Waals surface area contributed by atoms with Crippen molar-refractivity contribution < 1.29 is 9.84 Å². The van der Waals surface area contributed by atoms with Gasteiger partial charge >= 0.3 is 0 Å². The molecule has 0 amide bonds. The van der Waals surface area contributed by atoms with Crippen molar-refractivity contribution in [2.24, 2.45) is 0 Å². The van der Waals surface area contributed by atoms with Gasteiger partial charge in [-0.1, -0.05) is 36.9 Å². The molecule has 1 N–H and O–H groups in total. The highest BCUT2D eigenvalue weighted by molar-refractivity contribution is 9.10. The SMILES string of the molecule is C=CC(C)(O)c1ccc(Oc2c(C)cccc2C)c(Br)c1. The Morgan fingerprint density at radius 3 is 2.33 bits per heavy atom. The molecule has 0 aliphatic rings. The van der Waals surface area contributed by atoms with Crippen LogP contribution in [0.5, 0.6) is 11.5 Å². The summed E-state index contributed by atoms with van der Waals surface area (Å²) in [6.45, 7) is 9.40. The van der Waals surface area contributed by atoms with Crippen molar-refractivity contribution in [1.29, 1.82) is 0 Å². The first-order valence-corrected chi connectivity index (χ1v) is 7.54. The number of hydrogen-bond donors (Lipinski definition) is 1. The molecule has 0 aliphatic carbocycles. The van der Waals surface area contributed by atoms with Gasteiger partial charge in [-0.05, 0) is 65.5 Å². The normalized spacial score (nSPS) is 13.6. The first kappa shape index (κ1) is 15.8. The van der Waals surface area contributed by atoms with E-state index in [9.17, 15) is 5.11 Å². The third kappa shape index (κ3) is 3.36. The van der Waals surface area contributed by atoms with E-state index in [1.165, 1.54) is 6.08 Å². The second-order valence-electron chi connectivity index (χ2n) is 5.32. The molecule has 1 atom stereocenters. The van der Waals surface area contributed by atoms with Gasteiger partial charge in [-0.2, -0.15) is 0 Å². The summed E-state index contributed by atoms with van der Waals surface area (Å²) in [4.78, 5) is 0. The Morgan fingerprint density at radius 1 is 1.19 bits per heavy atom. The zero-order valence-electron chi connectivity index (χ0n) is 12.5. The molecule has 0 aliphatic heterocycles. The van der Waals surface area contributed by atoms with Gasteiger partial charge in [0.1, 0.15) is 17.1 Å². The lowest BCUT2D eigenvalue weighted by Gasteiger charge is -2.20. The van der Waals surface area contributed by atoms with Crippen molar-refractivity contribution >= 4 is 15.9 Å². The van der Waals surface area contributed by atoms with Gasteiger partial charge < -0.3 is 9.84 Å². The molecule has 2 nitrogen and oxygen atoms in total. The first-order chi connectivity index (χ1) is 9.85. The summed E-state index contributed by atoms with van der Waals surface area (Å²) in [5.74, 6) is 1.58. The molecular weight excluding hydrogens is 328 g/mol. The number of ether oxygens (including phenoxy) is 1. The van der Waals surface area contributed by atoms with Crippen molar-refractivity contribution in [2.45, 2.75) is 26.4 Å². The van der Waals surface area contributed by atoms with Crippen LogP contribution in [-0.4, -0.2) is 5.11 Å². The van der Waals surface area contributed by atoms with E-state index in [1.54, 1.807) is 6.92 Å². The predicted molar refractivity (Wildman–Crippen MR) is 89.9 cm³/mol. The highest BCUT2D eigenvalue weighted by Gasteiger charge is 2.20. The number of para-hydroxylation sites is 1. The zero-order chi connectivity index (χ0) is 15.6. The fraction of sp³-hybridized carbons (Fsp3) is 0.222. The van der Waals surface area contributed by atoms with Crippen molar-refractivity contribution in [3.05, 3.63) is 70.2 Å². The van der Waals surface area contributed by atoms with Gasteiger partial charge in [-0.3, -0.25) is 0 Å². The van der Waals surface area contributed by atoms with Gasteiger partial charge in [0.05, 0.1) is 4.47 Å². The molecule has 21 heavy (non-hydrogen) atoms. The number of benzene rings is 2. The number of halogens is 1. The quantitative estimate of drug-likeness (QED) is 0.766. The van der Waals surface area contributed by atoms with Crippen LogP contribution >= 0.6 is 15.9 Å². The topological polar surface area (TPSA) is 29.5 Å². The van der Waals surface area contributed by atoms with E-state index in [0.29, 0.717) is 0 Å². The summed E-state index contributed by atoms with van der Waals surface area (Å²) in [5.41, 5.74) is 1.88. The molecule has 0 saturated heterocycles. The van der Waals surface area contributed by atoms with Crippen LogP contribution in [0.1, 0.15) is 23.6 Å². The molecule has 2 aromatic carbocycles. The summed E-state index contributed by atoms with van der Waals surface area (Å²) >= 11 is 3.50. The van der Waals surface area contributed by atoms with Crippen LogP contribution in [0.15, 0.2) is 53.5 Å². The zero-order valence-corrected chi connectivity index (χ0v) is 14.1. The van der Waals surface area contributed by atoms with Crippen LogP contribution < -0.4 is 4.74 Å². The molecule has 0 spiro atoms. The molecule has 0 fully saturated rings. The number of hydrogen-bond acceptors (Lipinski definition) is 2. The van der Waals surface area contributed by atoms with Gasteiger partial charge in [0.15, 0.2) is 0 Å².